The molecule has 1 unspecified atom stereocenters. The van der Waals surface area contributed by atoms with E-state index in [0.717, 1.165) is 48.9 Å². The number of aromatic nitrogens is 4. The lowest BCUT2D eigenvalue weighted by molar-refractivity contribution is -0.134. The molecule has 5 heterocycles. The highest BCUT2D eigenvalue weighted by molar-refractivity contribution is 7.89. The van der Waals surface area contributed by atoms with E-state index in [1.54, 1.807) is 8.99 Å². The fraction of sp³-hybridized carbons (Fsp3) is 0.581. The summed E-state index contributed by atoms with van der Waals surface area (Å²) < 4.78 is 58.4. The van der Waals surface area contributed by atoms with E-state index in [1.165, 1.54) is 12.4 Å². The summed E-state index contributed by atoms with van der Waals surface area (Å²) in [6.07, 6.45) is 7.77. The molecule has 1 atom stereocenters. The van der Waals surface area contributed by atoms with Gasteiger partial charge in [0, 0.05) is 56.8 Å². The normalized spacial score (nSPS) is 20.6. The van der Waals surface area contributed by atoms with Crippen LogP contribution in [0.15, 0.2) is 30.6 Å². The van der Waals surface area contributed by atoms with Crippen molar-refractivity contribution in [3.8, 4) is 5.75 Å². The quantitative estimate of drug-likeness (QED) is 0.290. The van der Waals surface area contributed by atoms with Gasteiger partial charge in [0.1, 0.15) is 0 Å². The molecule has 0 radical (unpaired) electrons. The van der Waals surface area contributed by atoms with Crippen LogP contribution < -0.4 is 20.3 Å². The molecular weight excluding hydrogens is 634 g/mol. The zero-order valence-corrected chi connectivity index (χ0v) is 27.1. The van der Waals surface area contributed by atoms with Crippen LogP contribution in [0, 0.1) is 5.92 Å². The predicted molar refractivity (Wildman–Crippen MR) is 171 cm³/mol. The molecule has 2 N–H and O–H groups in total. The molecule has 1 aromatic carbocycles. The number of rotatable bonds is 11. The van der Waals surface area contributed by atoms with Crippen LogP contribution in [0.2, 0.25) is 0 Å². The summed E-state index contributed by atoms with van der Waals surface area (Å²) >= 11 is 0. The van der Waals surface area contributed by atoms with Crippen molar-refractivity contribution in [2.75, 3.05) is 42.1 Å². The second-order valence-electron chi connectivity index (χ2n) is 12.5. The Bertz CT molecular complexity index is 1690. The minimum absolute atomic E-state index is 0.0144. The summed E-state index contributed by atoms with van der Waals surface area (Å²) in [5, 5.41) is 11.1. The zero-order valence-electron chi connectivity index (χ0n) is 26.3. The molecule has 0 aliphatic carbocycles. The molecule has 16 heteroatoms. The molecule has 0 saturated carbocycles. The number of hydrogen-bond acceptors (Lipinski definition) is 10. The van der Waals surface area contributed by atoms with Crippen LogP contribution >= 0.6 is 0 Å². The van der Waals surface area contributed by atoms with Crippen LogP contribution in [0.25, 0.3) is 10.9 Å². The molecule has 3 aromatic rings. The Morgan fingerprint density at radius 2 is 1.77 bits per heavy atom. The van der Waals surface area contributed by atoms with E-state index in [2.05, 4.69) is 47.5 Å². The van der Waals surface area contributed by atoms with Crippen molar-refractivity contribution in [3.63, 3.8) is 0 Å². The highest BCUT2D eigenvalue weighted by Crippen LogP contribution is 2.34. The number of ether oxygens (including phenoxy) is 1. The van der Waals surface area contributed by atoms with Gasteiger partial charge in [0.05, 0.1) is 35.3 Å². The van der Waals surface area contributed by atoms with Gasteiger partial charge in [-0.1, -0.05) is 0 Å². The molecule has 0 bridgehead atoms. The van der Waals surface area contributed by atoms with E-state index in [-0.39, 0.29) is 35.3 Å². The lowest BCUT2D eigenvalue weighted by Gasteiger charge is -2.34. The smallest absolute Gasteiger partial charge is 0.387 e. The first-order valence-corrected chi connectivity index (χ1v) is 17.7. The Hall–Kier alpha value is -3.92. The largest absolute Gasteiger partial charge is 0.432 e. The number of hydrogen-bond donors (Lipinski definition) is 2. The molecule has 3 saturated heterocycles. The molecule has 2 aromatic heterocycles. The van der Waals surface area contributed by atoms with E-state index >= 15 is 0 Å². The fourth-order valence-electron chi connectivity index (χ4n) is 6.86. The van der Waals surface area contributed by atoms with Gasteiger partial charge < -0.3 is 15.0 Å². The Balaban J connectivity index is 0.936. The van der Waals surface area contributed by atoms with Gasteiger partial charge in [-0.2, -0.15) is 13.9 Å². The van der Waals surface area contributed by atoms with Crippen molar-refractivity contribution >= 4 is 44.4 Å². The van der Waals surface area contributed by atoms with Crippen molar-refractivity contribution in [1.82, 2.24) is 29.4 Å². The van der Waals surface area contributed by atoms with Gasteiger partial charge in [0.15, 0.2) is 5.75 Å². The number of nitrogens with one attached hydrogen (secondary N) is 2. The van der Waals surface area contributed by atoms with Crippen LogP contribution in [0.4, 0.5) is 20.4 Å². The Kier molecular flexibility index (Phi) is 9.87. The average Bonchev–Trinajstić information content (AvgIpc) is 3.37. The number of benzene rings is 1. The van der Waals surface area contributed by atoms with Gasteiger partial charge in [0.2, 0.25) is 27.8 Å². The number of alkyl halides is 2. The first kappa shape index (κ1) is 33.0. The first-order valence-electron chi connectivity index (χ1n) is 16.1. The predicted octanol–water partition coefficient (Wildman–Crippen LogP) is 3.39. The summed E-state index contributed by atoms with van der Waals surface area (Å²) in [4.78, 5) is 34.4. The van der Waals surface area contributed by atoms with Gasteiger partial charge in [-0.25, -0.2) is 22.7 Å². The number of carbonyl (C=O) groups is 2. The van der Waals surface area contributed by atoms with E-state index in [0.29, 0.717) is 56.8 Å². The van der Waals surface area contributed by atoms with E-state index < -0.39 is 22.6 Å². The molecule has 254 valence electrons. The average molecular weight is 675 g/mol. The number of aryl methyl sites for hydroxylation is 1. The maximum absolute atomic E-state index is 13.1. The third kappa shape index (κ3) is 7.80. The zero-order chi connectivity index (χ0) is 33.1. The van der Waals surface area contributed by atoms with Crippen LogP contribution in [-0.2, 0) is 26.7 Å². The van der Waals surface area contributed by atoms with Gasteiger partial charge in [-0.3, -0.25) is 19.6 Å². The second-order valence-corrected chi connectivity index (χ2v) is 14.6. The van der Waals surface area contributed by atoms with Crippen molar-refractivity contribution in [3.05, 3.63) is 36.3 Å². The fourth-order valence-corrected chi connectivity index (χ4v) is 8.42. The van der Waals surface area contributed by atoms with Crippen LogP contribution in [0.5, 0.6) is 5.75 Å². The number of halogens is 2. The maximum Gasteiger partial charge on any atom is 0.387 e. The monoisotopic (exact) mass is 674 g/mol. The van der Waals surface area contributed by atoms with Gasteiger partial charge >= 0.3 is 6.61 Å². The maximum atomic E-state index is 13.1. The molecule has 47 heavy (non-hydrogen) atoms. The first-order chi connectivity index (χ1) is 22.6. The van der Waals surface area contributed by atoms with Crippen LogP contribution in [0.1, 0.15) is 63.0 Å². The number of piperidine rings is 3. The molecule has 6 rings (SSSR count). The number of anilines is 2. The van der Waals surface area contributed by atoms with Crippen LogP contribution in [-0.4, -0.2) is 88.9 Å². The lowest BCUT2D eigenvalue weighted by atomic mass is 9.91. The van der Waals surface area contributed by atoms with Crippen molar-refractivity contribution < 1.29 is 31.5 Å². The Morgan fingerprint density at radius 1 is 1.04 bits per heavy atom. The standard InChI is InChI=1S/C31H40F2N8O5S/c1-39-26-17-22(4-5-24(26)28(38-39)25-6-7-27(42)37-29(25)43)40-12-8-20(9-13-40)3-2-16-47(44,45)41-14-10-21(11-15-41)36-31-34-18-23(19-35-31)46-30(32)33/h4-5,17-21,25,30H,2-3,6-16H2,1H3,(H,34,35,36)(H,37,42,43). The Morgan fingerprint density at radius 3 is 2.45 bits per heavy atom. The second kappa shape index (κ2) is 14.1. The van der Waals surface area contributed by atoms with Gasteiger partial charge in [-0.05, 0) is 69.1 Å². The third-order valence-electron chi connectivity index (χ3n) is 9.46. The number of amides is 2. The lowest BCUT2D eigenvalue weighted by Crippen LogP contribution is -2.43. The summed E-state index contributed by atoms with van der Waals surface area (Å²) in [6, 6.07) is 6.18. The molecule has 3 aliphatic rings. The summed E-state index contributed by atoms with van der Waals surface area (Å²) in [5.74, 6) is -0.204. The van der Waals surface area contributed by atoms with Gasteiger partial charge in [-0.15, -0.1) is 0 Å². The van der Waals surface area contributed by atoms with E-state index in [1.807, 2.05) is 13.1 Å². The van der Waals surface area contributed by atoms with Crippen molar-refractivity contribution in [1.29, 1.82) is 0 Å². The van der Waals surface area contributed by atoms with E-state index in [9.17, 15) is 26.8 Å². The number of sulfonamides is 1. The molecule has 13 nitrogen and oxygen atoms in total. The number of imide groups is 1. The number of nitrogens with zero attached hydrogens (tertiary/aromatic N) is 6. The molecular formula is C31H40F2N8O5S. The SMILES string of the molecule is Cn1nc(C2CCC(=O)NC2=O)c2ccc(N3CCC(CCCS(=O)(=O)N4CCC(Nc5ncc(OC(F)F)cn5)CC4)CC3)cc21. The number of carbonyl (C=O) groups excluding carboxylic acids is 2. The third-order valence-corrected chi connectivity index (χ3v) is 11.4. The highest BCUT2D eigenvalue weighted by atomic mass is 32.2. The summed E-state index contributed by atoms with van der Waals surface area (Å²) in [6.45, 7) is -0.371. The minimum atomic E-state index is -3.36. The Labute approximate surface area is 272 Å². The number of fused-ring (bicyclic) bond motifs is 1. The summed E-state index contributed by atoms with van der Waals surface area (Å²) in [5.41, 5.74) is 2.74. The molecule has 0 spiro atoms. The van der Waals surface area contributed by atoms with E-state index in [4.69, 9.17) is 0 Å². The summed E-state index contributed by atoms with van der Waals surface area (Å²) in [7, 11) is -1.49. The molecule has 3 aliphatic heterocycles. The highest BCUT2D eigenvalue weighted by Gasteiger charge is 2.32. The molecule has 3 fully saturated rings. The van der Waals surface area contributed by atoms with Crippen LogP contribution in [0.3, 0.4) is 0 Å². The van der Waals surface area contributed by atoms with Crippen molar-refractivity contribution in [2.45, 2.75) is 69.9 Å². The van der Waals surface area contributed by atoms with Crippen molar-refractivity contribution in [2.24, 2.45) is 13.0 Å². The minimum Gasteiger partial charge on any atom is -0.432 e. The van der Waals surface area contributed by atoms with Gasteiger partial charge in [0.25, 0.3) is 0 Å². The molecule has 2 amide bonds. The topological polar surface area (TPSA) is 152 Å².